The lowest BCUT2D eigenvalue weighted by Gasteiger charge is -2.05. The molecule has 0 aromatic heterocycles. The third kappa shape index (κ3) is 1.03. The van der Waals surface area contributed by atoms with E-state index < -0.39 is 5.54 Å². The number of ether oxygens (including phenoxy) is 1. The molecule has 1 aliphatic heterocycles. The molecular weight excluding hydrogens is 130 g/mol. The van der Waals surface area contributed by atoms with Gasteiger partial charge in [-0.3, -0.25) is 0 Å². The molecule has 1 aliphatic rings. The first kappa shape index (κ1) is 7.25. The molecule has 0 aliphatic carbocycles. The fourth-order valence-corrected chi connectivity index (χ4v) is 0.763. The number of esters is 1. The smallest absolute Gasteiger partial charge is 0.340 e. The molecule has 0 bridgehead atoms. The second-order valence-corrected chi connectivity index (χ2v) is 2.81. The predicted octanol–water partition coefficient (Wildman–Crippen LogP) is 1.13. The minimum absolute atomic E-state index is 0.246. The summed E-state index contributed by atoms with van der Waals surface area (Å²) >= 11 is 0. The summed E-state index contributed by atoms with van der Waals surface area (Å²) in [4.78, 5) is 15.0. The van der Waals surface area contributed by atoms with Gasteiger partial charge in [-0.25, -0.2) is 9.79 Å². The van der Waals surface area contributed by atoms with E-state index in [0.29, 0.717) is 12.3 Å². The Kier molecular flexibility index (Phi) is 1.50. The minimum atomic E-state index is -0.647. The Morgan fingerprint density at radius 3 is 2.40 bits per heavy atom. The Labute approximate surface area is 60.1 Å². The SMILES string of the molecule is CCC1=NC(C)(C)C(=O)O1. The van der Waals surface area contributed by atoms with Crippen molar-refractivity contribution in [3.05, 3.63) is 0 Å². The van der Waals surface area contributed by atoms with Crippen LogP contribution in [-0.2, 0) is 9.53 Å². The van der Waals surface area contributed by atoms with Crippen molar-refractivity contribution in [3.8, 4) is 0 Å². The van der Waals surface area contributed by atoms with Crippen LogP contribution >= 0.6 is 0 Å². The molecule has 0 N–H and O–H groups in total. The fourth-order valence-electron chi connectivity index (χ4n) is 0.763. The molecule has 0 atom stereocenters. The Bertz CT molecular complexity index is 194. The van der Waals surface area contributed by atoms with E-state index in [1.165, 1.54) is 0 Å². The topological polar surface area (TPSA) is 38.7 Å². The van der Waals surface area contributed by atoms with Gasteiger partial charge in [0.05, 0.1) is 0 Å². The number of hydrogen-bond donors (Lipinski definition) is 0. The molecule has 0 fully saturated rings. The first-order valence-electron chi connectivity index (χ1n) is 3.37. The van der Waals surface area contributed by atoms with Gasteiger partial charge in [-0.05, 0) is 13.8 Å². The first-order valence-corrected chi connectivity index (χ1v) is 3.37. The number of carbonyl (C=O) groups excluding carboxylic acids is 1. The van der Waals surface area contributed by atoms with Crippen molar-refractivity contribution >= 4 is 11.9 Å². The second-order valence-electron chi connectivity index (χ2n) is 2.81. The van der Waals surface area contributed by atoms with E-state index in [9.17, 15) is 4.79 Å². The van der Waals surface area contributed by atoms with E-state index in [2.05, 4.69) is 4.99 Å². The Balaban J connectivity index is 2.81. The molecule has 0 saturated heterocycles. The monoisotopic (exact) mass is 141 g/mol. The average Bonchev–Trinajstić information content (AvgIpc) is 2.08. The molecule has 56 valence electrons. The molecule has 0 spiro atoms. The van der Waals surface area contributed by atoms with Crippen molar-refractivity contribution < 1.29 is 9.53 Å². The van der Waals surface area contributed by atoms with Gasteiger partial charge in [0.15, 0.2) is 11.4 Å². The van der Waals surface area contributed by atoms with Gasteiger partial charge in [-0.1, -0.05) is 6.92 Å². The molecule has 3 heteroatoms. The van der Waals surface area contributed by atoms with E-state index in [0.717, 1.165) is 0 Å². The molecule has 1 rings (SSSR count). The Morgan fingerprint density at radius 2 is 2.20 bits per heavy atom. The largest absolute Gasteiger partial charge is 0.410 e. The van der Waals surface area contributed by atoms with Gasteiger partial charge >= 0.3 is 5.97 Å². The maximum atomic E-state index is 10.9. The van der Waals surface area contributed by atoms with Gasteiger partial charge < -0.3 is 4.74 Å². The lowest BCUT2D eigenvalue weighted by Crippen LogP contribution is -2.25. The van der Waals surface area contributed by atoms with E-state index >= 15 is 0 Å². The van der Waals surface area contributed by atoms with Crippen LogP contribution in [0.3, 0.4) is 0 Å². The lowest BCUT2D eigenvalue weighted by molar-refractivity contribution is -0.137. The fraction of sp³-hybridized carbons (Fsp3) is 0.714. The number of hydrogen-bond acceptors (Lipinski definition) is 3. The van der Waals surface area contributed by atoms with Gasteiger partial charge in [-0.15, -0.1) is 0 Å². The molecule has 1 heterocycles. The highest BCUT2D eigenvalue weighted by Gasteiger charge is 2.35. The van der Waals surface area contributed by atoms with Crippen LogP contribution in [0.1, 0.15) is 27.2 Å². The summed E-state index contributed by atoms with van der Waals surface area (Å²) in [5.41, 5.74) is -0.647. The molecule has 0 amide bonds. The van der Waals surface area contributed by atoms with Crippen LogP contribution in [0.4, 0.5) is 0 Å². The molecule has 0 radical (unpaired) electrons. The number of rotatable bonds is 1. The summed E-state index contributed by atoms with van der Waals surface area (Å²) < 4.78 is 4.84. The summed E-state index contributed by atoms with van der Waals surface area (Å²) in [7, 11) is 0. The number of nitrogens with zero attached hydrogens (tertiary/aromatic N) is 1. The summed E-state index contributed by atoms with van der Waals surface area (Å²) in [6.45, 7) is 5.41. The Morgan fingerprint density at radius 1 is 1.60 bits per heavy atom. The highest BCUT2D eigenvalue weighted by molar-refractivity contribution is 5.99. The zero-order valence-corrected chi connectivity index (χ0v) is 6.47. The molecule has 0 aromatic carbocycles. The van der Waals surface area contributed by atoms with Crippen LogP contribution in [0.2, 0.25) is 0 Å². The quantitative estimate of drug-likeness (QED) is 0.513. The van der Waals surface area contributed by atoms with Crippen LogP contribution in [0.5, 0.6) is 0 Å². The molecule has 0 saturated carbocycles. The normalized spacial score (nSPS) is 22.3. The highest BCUT2D eigenvalue weighted by Crippen LogP contribution is 2.19. The van der Waals surface area contributed by atoms with Crippen molar-refractivity contribution in [3.63, 3.8) is 0 Å². The number of aliphatic imine (C=N–C) groups is 1. The summed E-state index contributed by atoms with van der Waals surface area (Å²) in [5, 5.41) is 0. The van der Waals surface area contributed by atoms with Crippen LogP contribution < -0.4 is 0 Å². The molecule has 3 nitrogen and oxygen atoms in total. The first-order chi connectivity index (χ1) is 4.56. The van der Waals surface area contributed by atoms with Gasteiger partial charge in [0, 0.05) is 6.42 Å². The third-order valence-electron chi connectivity index (χ3n) is 1.42. The van der Waals surface area contributed by atoms with Crippen molar-refractivity contribution in [2.24, 2.45) is 4.99 Å². The lowest BCUT2D eigenvalue weighted by atomic mass is 10.1. The average molecular weight is 141 g/mol. The van der Waals surface area contributed by atoms with E-state index in [-0.39, 0.29) is 5.97 Å². The molecule has 0 aromatic rings. The van der Waals surface area contributed by atoms with Crippen molar-refractivity contribution in [1.29, 1.82) is 0 Å². The van der Waals surface area contributed by atoms with Crippen molar-refractivity contribution in [2.75, 3.05) is 0 Å². The summed E-state index contributed by atoms with van der Waals surface area (Å²) in [6.07, 6.45) is 0.690. The maximum Gasteiger partial charge on any atom is 0.340 e. The van der Waals surface area contributed by atoms with E-state index in [1.807, 2.05) is 6.92 Å². The Hall–Kier alpha value is -0.860. The standard InChI is InChI=1S/C7H11NO2/c1-4-5-8-7(2,3)6(9)10-5/h4H2,1-3H3. The third-order valence-corrected chi connectivity index (χ3v) is 1.42. The van der Waals surface area contributed by atoms with Crippen molar-refractivity contribution in [2.45, 2.75) is 32.7 Å². The molecule has 10 heavy (non-hydrogen) atoms. The summed E-state index contributed by atoms with van der Waals surface area (Å²) in [5.74, 6) is 0.305. The van der Waals surface area contributed by atoms with Gasteiger partial charge in [-0.2, -0.15) is 0 Å². The van der Waals surface area contributed by atoms with Crippen LogP contribution in [0.15, 0.2) is 4.99 Å². The second kappa shape index (κ2) is 2.08. The zero-order valence-electron chi connectivity index (χ0n) is 6.47. The molecular formula is C7H11NO2. The maximum absolute atomic E-state index is 10.9. The zero-order chi connectivity index (χ0) is 7.78. The van der Waals surface area contributed by atoms with Crippen molar-refractivity contribution in [1.82, 2.24) is 0 Å². The minimum Gasteiger partial charge on any atom is -0.410 e. The van der Waals surface area contributed by atoms with Gasteiger partial charge in [0.25, 0.3) is 0 Å². The number of cyclic esters (lactones) is 1. The van der Waals surface area contributed by atoms with Gasteiger partial charge in [0.2, 0.25) is 0 Å². The highest BCUT2D eigenvalue weighted by atomic mass is 16.6. The summed E-state index contributed by atoms with van der Waals surface area (Å²) in [6, 6.07) is 0. The van der Waals surface area contributed by atoms with Crippen LogP contribution in [0.25, 0.3) is 0 Å². The number of carbonyl (C=O) groups is 1. The van der Waals surface area contributed by atoms with Crippen LogP contribution in [-0.4, -0.2) is 17.4 Å². The predicted molar refractivity (Wildman–Crippen MR) is 37.9 cm³/mol. The van der Waals surface area contributed by atoms with E-state index in [4.69, 9.17) is 4.74 Å². The van der Waals surface area contributed by atoms with Crippen LogP contribution in [0, 0.1) is 0 Å². The van der Waals surface area contributed by atoms with E-state index in [1.54, 1.807) is 13.8 Å². The molecule has 0 unspecified atom stereocenters. The van der Waals surface area contributed by atoms with Gasteiger partial charge in [0.1, 0.15) is 0 Å².